The van der Waals surface area contributed by atoms with Crippen molar-refractivity contribution in [2.24, 2.45) is 5.14 Å². The van der Waals surface area contributed by atoms with E-state index in [1.54, 1.807) is 16.8 Å². The van der Waals surface area contributed by atoms with Gasteiger partial charge in [0.25, 0.3) is 5.91 Å². The van der Waals surface area contributed by atoms with E-state index in [9.17, 15) is 13.2 Å². The van der Waals surface area contributed by atoms with Crippen molar-refractivity contribution in [1.82, 2.24) is 5.32 Å². The second kappa shape index (κ2) is 5.24. The fourth-order valence-corrected chi connectivity index (χ4v) is 2.15. The third-order valence-corrected chi connectivity index (χ3v) is 3.22. The highest BCUT2D eigenvalue weighted by atomic mass is 32.2. The number of amides is 1. The topological polar surface area (TPSA) is 89.3 Å². The molecule has 1 heterocycles. The van der Waals surface area contributed by atoms with Gasteiger partial charge in [-0.3, -0.25) is 4.79 Å². The van der Waals surface area contributed by atoms with E-state index in [2.05, 4.69) is 5.32 Å². The van der Waals surface area contributed by atoms with Crippen molar-refractivity contribution in [2.75, 3.05) is 12.3 Å². The van der Waals surface area contributed by atoms with Crippen molar-refractivity contribution < 1.29 is 13.2 Å². The summed E-state index contributed by atoms with van der Waals surface area (Å²) in [5.74, 6) is -0.303. The SMILES string of the molecule is NS(=O)(=O)CCCNC(=O)c1ccsc1. The first-order valence-electron chi connectivity index (χ1n) is 4.30. The summed E-state index contributed by atoms with van der Waals surface area (Å²) >= 11 is 1.43. The minimum absolute atomic E-state index is 0.114. The Balaban J connectivity index is 2.24. The van der Waals surface area contributed by atoms with Crippen molar-refractivity contribution in [3.05, 3.63) is 22.4 Å². The molecule has 0 bridgehead atoms. The number of nitrogens with two attached hydrogens (primary N) is 1. The number of nitrogens with one attached hydrogen (secondary N) is 1. The van der Waals surface area contributed by atoms with E-state index in [4.69, 9.17) is 5.14 Å². The second-order valence-electron chi connectivity index (χ2n) is 2.99. The average Bonchev–Trinajstić information content (AvgIpc) is 2.63. The highest BCUT2D eigenvalue weighted by Gasteiger charge is 2.06. The lowest BCUT2D eigenvalue weighted by atomic mass is 10.3. The predicted octanol–water partition coefficient (Wildman–Crippen LogP) is 0.157. The maximum absolute atomic E-state index is 11.3. The van der Waals surface area contributed by atoms with Gasteiger partial charge >= 0.3 is 0 Å². The van der Waals surface area contributed by atoms with Crippen LogP contribution in [0.4, 0.5) is 0 Å². The van der Waals surface area contributed by atoms with Crippen molar-refractivity contribution in [3.8, 4) is 0 Å². The van der Waals surface area contributed by atoms with Crippen LogP contribution in [0.3, 0.4) is 0 Å². The lowest BCUT2D eigenvalue weighted by Gasteiger charge is -2.02. The lowest BCUT2D eigenvalue weighted by Crippen LogP contribution is -2.26. The van der Waals surface area contributed by atoms with E-state index in [0.717, 1.165) is 0 Å². The monoisotopic (exact) mass is 248 g/mol. The molecule has 0 spiro atoms. The molecule has 0 aliphatic carbocycles. The van der Waals surface area contributed by atoms with Gasteiger partial charge in [0.05, 0.1) is 5.75 Å². The second-order valence-corrected chi connectivity index (χ2v) is 5.50. The standard InChI is InChI=1S/C8H12N2O3S2/c9-15(12,13)5-1-3-10-8(11)7-2-4-14-6-7/h2,4,6H,1,3,5H2,(H,10,11)(H2,9,12,13). The summed E-state index contributed by atoms with van der Waals surface area (Å²) in [4.78, 5) is 11.3. The molecular formula is C8H12N2O3S2. The van der Waals surface area contributed by atoms with E-state index in [0.29, 0.717) is 18.5 Å². The summed E-state index contributed by atoms with van der Waals surface area (Å²) in [6.07, 6.45) is 0.328. The van der Waals surface area contributed by atoms with Crippen LogP contribution in [0.5, 0.6) is 0 Å². The zero-order valence-electron chi connectivity index (χ0n) is 7.97. The number of hydrogen-bond acceptors (Lipinski definition) is 4. The summed E-state index contributed by atoms with van der Waals surface area (Å²) in [6, 6.07) is 1.71. The first kappa shape index (κ1) is 12.2. The van der Waals surface area contributed by atoms with Crippen LogP contribution in [0, 0.1) is 0 Å². The Kier molecular flexibility index (Phi) is 4.25. The van der Waals surface area contributed by atoms with Crippen LogP contribution in [0.15, 0.2) is 16.8 Å². The molecule has 1 aromatic rings. The Labute approximate surface area is 92.3 Å². The van der Waals surface area contributed by atoms with Gasteiger partial charge in [-0.2, -0.15) is 11.3 Å². The predicted molar refractivity (Wildman–Crippen MR) is 59.2 cm³/mol. The molecule has 7 heteroatoms. The Bertz CT molecular complexity index is 411. The number of thiophene rings is 1. The lowest BCUT2D eigenvalue weighted by molar-refractivity contribution is 0.0954. The number of carbonyl (C=O) groups excluding carboxylic acids is 1. The zero-order chi connectivity index (χ0) is 11.3. The van der Waals surface area contributed by atoms with Crippen LogP contribution >= 0.6 is 11.3 Å². The van der Waals surface area contributed by atoms with Crippen LogP contribution in [0.25, 0.3) is 0 Å². The maximum atomic E-state index is 11.3. The molecule has 1 aromatic heterocycles. The van der Waals surface area contributed by atoms with E-state index < -0.39 is 10.0 Å². The fraction of sp³-hybridized carbons (Fsp3) is 0.375. The number of sulfonamides is 1. The zero-order valence-corrected chi connectivity index (χ0v) is 9.60. The normalized spacial score (nSPS) is 11.3. The van der Waals surface area contributed by atoms with Crippen molar-refractivity contribution in [3.63, 3.8) is 0 Å². The molecule has 0 aliphatic rings. The molecule has 0 radical (unpaired) electrons. The van der Waals surface area contributed by atoms with E-state index in [-0.39, 0.29) is 11.7 Å². The van der Waals surface area contributed by atoms with E-state index >= 15 is 0 Å². The third kappa shape index (κ3) is 4.91. The molecule has 0 saturated carbocycles. The quantitative estimate of drug-likeness (QED) is 0.727. The van der Waals surface area contributed by atoms with Crippen LogP contribution in [0.2, 0.25) is 0 Å². The average molecular weight is 248 g/mol. The van der Waals surface area contributed by atoms with E-state index in [1.807, 2.05) is 0 Å². The summed E-state index contributed by atoms with van der Waals surface area (Å²) in [5.41, 5.74) is 0.593. The summed E-state index contributed by atoms with van der Waals surface area (Å²) in [7, 11) is -3.43. The Morgan fingerprint density at radius 3 is 2.80 bits per heavy atom. The molecule has 0 atom stereocenters. The van der Waals surface area contributed by atoms with Gasteiger partial charge in [0.15, 0.2) is 0 Å². The molecule has 0 unspecified atom stereocenters. The number of carbonyl (C=O) groups is 1. The van der Waals surface area contributed by atoms with Gasteiger partial charge in [0.2, 0.25) is 10.0 Å². The van der Waals surface area contributed by atoms with Gasteiger partial charge in [-0.05, 0) is 17.9 Å². The van der Waals surface area contributed by atoms with E-state index in [1.165, 1.54) is 11.3 Å². The van der Waals surface area contributed by atoms with Crippen LogP contribution in [-0.4, -0.2) is 26.6 Å². The summed E-state index contributed by atoms with van der Waals surface area (Å²) in [6.45, 7) is 0.311. The highest BCUT2D eigenvalue weighted by molar-refractivity contribution is 7.89. The van der Waals surface area contributed by atoms with Gasteiger partial charge in [0.1, 0.15) is 0 Å². The minimum atomic E-state index is -3.43. The summed E-state index contributed by atoms with van der Waals surface area (Å²) < 4.78 is 21.1. The molecule has 1 amide bonds. The molecule has 0 fully saturated rings. The van der Waals surface area contributed by atoms with Gasteiger partial charge in [-0.25, -0.2) is 13.6 Å². The first-order chi connectivity index (χ1) is 6.99. The molecule has 84 valence electrons. The summed E-state index contributed by atoms with van der Waals surface area (Å²) in [5, 5.41) is 10.9. The Morgan fingerprint density at radius 2 is 2.27 bits per heavy atom. The van der Waals surface area contributed by atoms with Crippen LogP contribution in [-0.2, 0) is 10.0 Å². The molecule has 0 aliphatic heterocycles. The first-order valence-corrected chi connectivity index (χ1v) is 6.96. The largest absolute Gasteiger partial charge is 0.352 e. The maximum Gasteiger partial charge on any atom is 0.252 e. The highest BCUT2D eigenvalue weighted by Crippen LogP contribution is 2.04. The van der Waals surface area contributed by atoms with Crippen LogP contribution in [0.1, 0.15) is 16.8 Å². The third-order valence-electron chi connectivity index (χ3n) is 1.67. The van der Waals surface area contributed by atoms with Crippen molar-refractivity contribution in [2.45, 2.75) is 6.42 Å². The fourth-order valence-electron chi connectivity index (χ4n) is 0.971. The van der Waals surface area contributed by atoms with Gasteiger partial charge in [-0.1, -0.05) is 0 Å². The van der Waals surface area contributed by atoms with Gasteiger partial charge in [0, 0.05) is 17.5 Å². The van der Waals surface area contributed by atoms with Gasteiger partial charge in [-0.15, -0.1) is 0 Å². The minimum Gasteiger partial charge on any atom is -0.352 e. The molecule has 0 saturated heterocycles. The smallest absolute Gasteiger partial charge is 0.252 e. The molecule has 0 aromatic carbocycles. The van der Waals surface area contributed by atoms with Crippen molar-refractivity contribution >= 4 is 27.3 Å². The Morgan fingerprint density at radius 1 is 1.53 bits per heavy atom. The number of rotatable bonds is 5. The molecule has 3 N–H and O–H groups in total. The number of primary sulfonamides is 1. The van der Waals surface area contributed by atoms with Crippen molar-refractivity contribution in [1.29, 1.82) is 0 Å². The molecule has 5 nitrogen and oxygen atoms in total. The molecule has 15 heavy (non-hydrogen) atoms. The molecular weight excluding hydrogens is 236 g/mol. The number of hydrogen-bond donors (Lipinski definition) is 2. The molecule has 1 rings (SSSR count). The van der Waals surface area contributed by atoms with Crippen LogP contribution < -0.4 is 10.5 Å². The van der Waals surface area contributed by atoms with Gasteiger partial charge < -0.3 is 5.32 Å². The Hall–Kier alpha value is -0.920.